The Morgan fingerprint density at radius 1 is 1.04 bits per heavy atom. The second kappa shape index (κ2) is 5.97. The summed E-state index contributed by atoms with van der Waals surface area (Å²) in [5, 5.41) is 0.932. The van der Waals surface area contributed by atoms with Gasteiger partial charge in [-0.1, -0.05) is 34.1 Å². The maximum absolute atomic E-state index is 12.3. The van der Waals surface area contributed by atoms with Crippen LogP contribution in [0.1, 0.15) is 19.4 Å². The molecule has 0 aliphatic carbocycles. The highest BCUT2D eigenvalue weighted by molar-refractivity contribution is 9.10. The number of rotatable bonds is 3. The van der Waals surface area contributed by atoms with Crippen molar-refractivity contribution in [3.8, 4) is 11.1 Å². The Hall–Kier alpha value is -1.72. The number of sulfone groups is 1. The summed E-state index contributed by atoms with van der Waals surface area (Å²) in [4.78, 5) is 4.51. The van der Waals surface area contributed by atoms with E-state index in [9.17, 15) is 8.42 Å². The molecule has 1 heterocycles. The van der Waals surface area contributed by atoms with Crippen LogP contribution in [0.4, 0.5) is 0 Å². The number of fused-ring (bicyclic) bond motifs is 1. The summed E-state index contributed by atoms with van der Waals surface area (Å²) in [7, 11) is -3.26. The first-order valence-corrected chi connectivity index (χ1v) is 10.2. The molecule has 5 heteroatoms. The fraction of sp³-hybridized carbons (Fsp3) is 0.211. The Labute approximate surface area is 150 Å². The first-order valence-electron chi connectivity index (χ1n) is 7.55. The third-order valence-electron chi connectivity index (χ3n) is 4.46. The maximum atomic E-state index is 12.3. The molecule has 0 saturated carbocycles. The van der Waals surface area contributed by atoms with Crippen LogP contribution in [0, 0.1) is 0 Å². The molecule has 0 spiro atoms. The standard InChI is InChI=1S/C19H18BrNO2S/c1-19(2,24(3,22)23)15-10-14-7-5-9-21-18(14)17(12-15)13-6-4-8-16(20)11-13/h4-12H,1-3H3. The van der Waals surface area contributed by atoms with E-state index in [1.165, 1.54) is 6.26 Å². The van der Waals surface area contributed by atoms with Gasteiger partial charge in [0.1, 0.15) is 0 Å². The average molecular weight is 404 g/mol. The van der Waals surface area contributed by atoms with Crippen molar-refractivity contribution in [2.75, 3.05) is 6.26 Å². The Bertz CT molecular complexity index is 1030. The van der Waals surface area contributed by atoms with Gasteiger partial charge in [0.05, 0.1) is 10.3 Å². The van der Waals surface area contributed by atoms with Crippen LogP contribution in [0.25, 0.3) is 22.0 Å². The first-order chi connectivity index (χ1) is 11.2. The van der Waals surface area contributed by atoms with Gasteiger partial charge in [0.2, 0.25) is 0 Å². The van der Waals surface area contributed by atoms with E-state index < -0.39 is 14.6 Å². The number of pyridine rings is 1. The van der Waals surface area contributed by atoms with E-state index in [1.807, 2.05) is 48.5 Å². The molecule has 124 valence electrons. The van der Waals surface area contributed by atoms with E-state index in [4.69, 9.17) is 0 Å². The van der Waals surface area contributed by atoms with E-state index in [-0.39, 0.29) is 0 Å². The minimum atomic E-state index is -3.26. The predicted molar refractivity (Wildman–Crippen MR) is 103 cm³/mol. The SMILES string of the molecule is CC(C)(c1cc(-c2cccc(Br)c2)c2ncccc2c1)S(C)(=O)=O. The van der Waals surface area contributed by atoms with Crippen molar-refractivity contribution in [3.63, 3.8) is 0 Å². The van der Waals surface area contributed by atoms with Crippen LogP contribution in [-0.4, -0.2) is 19.7 Å². The molecular formula is C19H18BrNO2S. The third-order valence-corrected chi connectivity index (χ3v) is 7.05. The summed E-state index contributed by atoms with van der Waals surface area (Å²) < 4.78 is 24.5. The summed E-state index contributed by atoms with van der Waals surface area (Å²) in [6, 6.07) is 15.6. The van der Waals surface area contributed by atoms with Gasteiger partial charge >= 0.3 is 0 Å². The van der Waals surface area contributed by atoms with Crippen molar-refractivity contribution >= 4 is 36.7 Å². The van der Waals surface area contributed by atoms with Crippen LogP contribution in [0.2, 0.25) is 0 Å². The van der Waals surface area contributed by atoms with Crippen molar-refractivity contribution in [2.24, 2.45) is 0 Å². The molecule has 0 N–H and O–H groups in total. The molecule has 2 aromatic carbocycles. The zero-order valence-electron chi connectivity index (χ0n) is 13.7. The highest BCUT2D eigenvalue weighted by Gasteiger charge is 2.33. The summed E-state index contributed by atoms with van der Waals surface area (Å²) in [5.41, 5.74) is 3.56. The monoisotopic (exact) mass is 403 g/mol. The lowest BCUT2D eigenvalue weighted by Crippen LogP contribution is -2.28. The molecule has 0 aliphatic heterocycles. The zero-order valence-corrected chi connectivity index (χ0v) is 16.1. The van der Waals surface area contributed by atoms with E-state index in [1.54, 1.807) is 20.0 Å². The number of halogens is 1. The summed E-state index contributed by atoms with van der Waals surface area (Å²) in [6.07, 6.45) is 3.03. The van der Waals surface area contributed by atoms with Crippen LogP contribution < -0.4 is 0 Å². The van der Waals surface area contributed by atoms with Gasteiger partial charge in [-0.05, 0) is 55.3 Å². The number of benzene rings is 2. The molecule has 0 bridgehead atoms. The van der Waals surface area contributed by atoms with Crippen molar-refractivity contribution < 1.29 is 8.42 Å². The van der Waals surface area contributed by atoms with Gasteiger partial charge in [0.15, 0.2) is 9.84 Å². The smallest absolute Gasteiger partial charge is 0.156 e. The van der Waals surface area contributed by atoms with Gasteiger partial charge in [-0.2, -0.15) is 0 Å². The van der Waals surface area contributed by atoms with Crippen LogP contribution in [-0.2, 0) is 14.6 Å². The Morgan fingerprint density at radius 3 is 2.46 bits per heavy atom. The predicted octanol–water partition coefficient (Wildman–Crippen LogP) is 4.94. The second-order valence-electron chi connectivity index (χ2n) is 6.39. The lowest BCUT2D eigenvalue weighted by molar-refractivity contribution is 0.561. The van der Waals surface area contributed by atoms with Crippen molar-refractivity contribution in [2.45, 2.75) is 18.6 Å². The number of hydrogen-bond donors (Lipinski definition) is 0. The highest BCUT2D eigenvalue weighted by Crippen LogP contribution is 2.36. The lowest BCUT2D eigenvalue weighted by Gasteiger charge is -2.24. The van der Waals surface area contributed by atoms with Crippen LogP contribution in [0.3, 0.4) is 0 Å². The van der Waals surface area contributed by atoms with Crippen LogP contribution >= 0.6 is 15.9 Å². The Balaban J connectivity index is 2.37. The second-order valence-corrected chi connectivity index (χ2v) is 9.87. The highest BCUT2D eigenvalue weighted by atomic mass is 79.9. The first kappa shape index (κ1) is 17.1. The average Bonchev–Trinajstić information content (AvgIpc) is 2.52. The minimum absolute atomic E-state index is 0.764. The number of hydrogen-bond acceptors (Lipinski definition) is 3. The molecule has 0 atom stereocenters. The summed E-state index contributed by atoms with van der Waals surface area (Å²) in [6.45, 7) is 3.48. The molecule has 0 fully saturated rings. The summed E-state index contributed by atoms with van der Waals surface area (Å²) in [5.74, 6) is 0. The van der Waals surface area contributed by atoms with Crippen LogP contribution in [0.5, 0.6) is 0 Å². The van der Waals surface area contributed by atoms with E-state index in [0.29, 0.717) is 0 Å². The topological polar surface area (TPSA) is 47.0 Å². The fourth-order valence-electron chi connectivity index (χ4n) is 2.63. The number of nitrogens with zero attached hydrogens (tertiary/aromatic N) is 1. The maximum Gasteiger partial charge on any atom is 0.156 e. The van der Waals surface area contributed by atoms with E-state index in [2.05, 4.69) is 20.9 Å². The van der Waals surface area contributed by atoms with Crippen LogP contribution in [0.15, 0.2) is 59.2 Å². The quantitative estimate of drug-likeness (QED) is 0.621. The van der Waals surface area contributed by atoms with Gasteiger partial charge < -0.3 is 0 Å². The fourth-order valence-corrected chi connectivity index (χ4v) is 3.58. The molecule has 0 radical (unpaired) electrons. The van der Waals surface area contributed by atoms with E-state index in [0.717, 1.165) is 32.1 Å². The molecule has 0 aliphatic rings. The largest absolute Gasteiger partial charge is 0.256 e. The van der Waals surface area contributed by atoms with Crippen molar-refractivity contribution in [3.05, 3.63) is 64.8 Å². The molecular weight excluding hydrogens is 386 g/mol. The van der Waals surface area contributed by atoms with Gasteiger partial charge in [-0.25, -0.2) is 8.42 Å². The van der Waals surface area contributed by atoms with Crippen molar-refractivity contribution in [1.29, 1.82) is 0 Å². The molecule has 0 unspecified atom stereocenters. The Kier molecular flexibility index (Phi) is 4.26. The van der Waals surface area contributed by atoms with E-state index >= 15 is 0 Å². The minimum Gasteiger partial charge on any atom is -0.256 e. The lowest BCUT2D eigenvalue weighted by atomic mass is 9.93. The molecule has 1 aromatic heterocycles. The molecule has 0 amide bonds. The van der Waals surface area contributed by atoms with Gasteiger partial charge in [0, 0.05) is 27.9 Å². The molecule has 3 aromatic rings. The molecule has 3 nitrogen and oxygen atoms in total. The summed E-state index contributed by atoms with van der Waals surface area (Å²) >= 11 is 3.50. The Morgan fingerprint density at radius 2 is 1.79 bits per heavy atom. The normalized spacial score (nSPS) is 12.5. The molecule has 24 heavy (non-hydrogen) atoms. The van der Waals surface area contributed by atoms with Crippen molar-refractivity contribution in [1.82, 2.24) is 4.98 Å². The zero-order chi connectivity index (χ0) is 17.5. The molecule has 3 rings (SSSR count). The third kappa shape index (κ3) is 2.98. The number of aromatic nitrogens is 1. The van der Waals surface area contributed by atoms with Gasteiger partial charge in [-0.15, -0.1) is 0 Å². The van der Waals surface area contributed by atoms with Gasteiger partial charge in [0.25, 0.3) is 0 Å². The van der Waals surface area contributed by atoms with Gasteiger partial charge in [-0.3, -0.25) is 4.98 Å². The molecule has 0 saturated heterocycles.